The highest BCUT2D eigenvalue weighted by Crippen LogP contribution is 2.24. The van der Waals surface area contributed by atoms with Crippen LogP contribution in [0.4, 0.5) is 8.78 Å². The second kappa shape index (κ2) is 6.72. The van der Waals surface area contributed by atoms with Gasteiger partial charge in [0, 0.05) is 17.5 Å². The van der Waals surface area contributed by atoms with Crippen LogP contribution in [0.25, 0.3) is 11.0 Å². The van der Waals surface area contributed by atoms with E-state index in [1.807, 2.05) is 0 Å². The highest BCUT2D eigenvalue weighted by atomic mass is 19.1. The lowest BCUT2D eigenvalue weighted by atomic mass is 10.1. The number of fused-ring (bicyclic) bond motifs is 1. The third-order valence-electron chi connectivity index (χ3n) is 3.68. The van der Waals surface area contributed by atoms with E-state index in [1.165, 1.54) is 19.2 Å². The Morgan fingerprint density at radius 3 is 2.52 bits per heavy atom. The van der Waals surface area contributed by atoms with Crippen LogP contribution in [0.5, 0.6) is 5.75 Å². The molecule has 0 bridgehead atoms. The zero-order valence-corrected chi connectivity index (χ0v) is 13.1. The Bertz CT molecular complexity index is 993. The van der Waals surface area contributed by atoms with Crippen molar-refractivity contribution in [3.63, 3.8) is 0 Å². The van der Waals surface area contributed by atoms with Gasteiger partial charge in [-0.2, -0.15) is 0 Å². The van der Waals surface area contributed by atoms with E-state index < -0.39 is 29.7 Å². The molecule has 2 aromatic carbocycles. The maximum absolute atomic E-state index is 13.6. The van der Waals surface area contributed by atoms with Gasteiger partial charge >= 0.3 is 5.63 Å². The highest BCUT2D eigenvalue weighted by Gasteiger charge is 2.17. The molecule has 0 radical (unpaired) electrons. The first-order valence-corrected chi connectivity index (χ1v) is 7.33. The summed E-state index contributed by atoms with van der Waals surface area (Å²) in [7, 11) is 1.43. The van der Waals surface area contributed by atoms with Gasteiger partial charge in [-0.1, -0.05) is 18.2 Å². The number of benzene rings is 2. The topological polar surface area (TPSA) is 68.5 Å². The molecule has 0 aliphatic rings. The van der Waals surface area contributed by atoms with E-state index in [1.54, 1.807) is 18.2 Å². The van der Waals surface area contributed by atoms with Crippen LogP contribution in [0.15, 0.2) is 51.7 Å². The van der Waals surface area contributed by atoms with Crippen LogP contribution < -0.4 is 15.7 Å². The number of amides is 1. The minimum absolute atomic E-state index is 0.215. The first kappa shape index (κ1) is 16.6. The van der Waals surface area contributed by atoms with Gasteiger partial charge in [-0.3, -0.25) is 4.79 Å². The molecule has 0 saturated carbocycles. The van der Waals surface area contributed by atoms with Crippen LogP contribution in [0.3, 0.4) is 0 Å². The molecule has 1 amide bonds. The van der Waals surface area contributed by atoms with Crippen LogP contribution in [-0.2, 0) is 6.54 Å². The average Bonchev–Trinajstić information content (AvgIpc) is 2.60. The van der Waals surface area contributed by atoms with Crippen LogP contribution in [-0.4, -0.2) is 13.0 Å². The van der Waals surface area contributed by atoms with E-state index in [0.29, 0.717) is 11.1 Å². The summed E-state index contributed by atoms with van der Waals surface area (Å²) in [6.45, 7) is -0.396. The molecule has 0 saturated heterocycles. The normalized spacial score (nSPS) is 10.7. The molecule has 3 rings (SSSR count). The molecule has 5 nitrogen and oxygen atoms in total. The minimum Gasteiger partial charge on any atom is -0.493 e. The SMILES string of the molecule is COc1cccc2cc(C(=O)NCc3c(F)cccc3F)c(=O)oc12. The van der Waals surface area contributed by atoms with Gasteiger partial charge in [0.25, 0.3) is 5.91 Å². The van der Waals surface area contributed by atoms with Crippen LogP contribution in [0, 0.1) is 11.6 Å². The van der Waals surface area contributed by atoms with Gasteiger partial charge < -0.3 is 14.5 Å². The van der Waals surface area contributed by atoms with Crippen molar-refractivity contribution in [2.75, 3.05) is 7.11 Å². The summed E-state index contributed by atoms with van der Waals surface area (Å²) in [4.78, 5) is 24.3. The number of rotatable bonds is 4. The molecule has 0 aliphatic heterocycles. The zero-order chi connectivity index (χ0) is 18.0. The molecular formula is C18H13F2NO4. The fraction of sp³-hybridized carbons (Fsp3) is 0.111. The number of hydrogen-bond acceptors (Lipinski definition) is 4. The average molecular weight is 345 g/mol. The Balaban J connectivity index is 1.90. The van der Waals surface area contributed by atoms with Crippen molar-refractivity contribution in [2.45, 2.75) is 6.54 Å². The number of carbonyl (C=O) groups is 1. The van der Waals surface area contributed by atoms with Crippen LogP contribution in [0.2, 0.25) is 0 Å². The van der Waals surface area contributed by atoms with Gasteiger partial charge in [0.05, 0.1) is 7.11 Å². The number of carbonyl (C=O) groups excluding carboxylic acids is 1. The van der Waals surface area contributed by atoms with E-state index in [9.17, 15) is 18.4 Å². The predicted octanol–water partition coefficient (Wildman–Crippen LogP) is 3.01. The van der Waals surface area contributed by atoms with E-state index >= 15 is 0 Å². The molecule has 7 heteroatoms. The van der Waals surface area contributed by atoms with Gasteiger partial charge in [-0.05, 0) is 24.3 Å². The van der Waals surface area contributed by atoms with Crippen molar-refractivity contribution in [1.29, 1.82) is 0 Å². The summed E-state index contributed by atoms with van der Waals surface area (Å²) in [5, 5.41) is 2.81. The standard InChI is InChI=1S/C18H13F2NO4/c1-24-15-7-2-4-10-8-11(18(23)25-16(10)15)17(22)21-9-12-13(19)5-3-6-14(12)20/h2-8H,9H2,1H3,(H,21,22). The summed E-state index contributed by atoms with van der Waals surface area (Å²) in [5.41, 5.74) is -1.21. The lowest BCUT2D eigenvalue weighted by Gasteiger charge is -2.08. The lowest BCUT2D eigenvalue weighted by Crippen LogP contribution is -2.28. The second-order valence-electron chi connectivity index (χ2n) is 5.21. The number of methoxy groups -OCH3 is 1. The first-order valence-electron chi connectivity index (χ1n) is 7.33. The Hall–Kier alpha value is -3.22. The molecule has 0 unspecified atom stereocenters. The van der Waals surface area contributed by atoms with Crippen molar-refractivity contribution >= 4 is 16.9 Å². The van der Waals surface area contributed by atoms with Crippen LogP contribution in [0.1, 0.15) is 15.9 Å². The number of ether oxygens (including phenoxy) is 1. The van der Waals surface area contributed by atoms with Crippen molar-refractivity contribution in [3.05, 3.63) is 75.6 Å². The summed E-state index contributed by atoms with van der Waals surface area (Å²) in [6.07, 6.45) is 0. The van der Waals surface area contributed by atoms with Gasteiger partial charge in [-0.25, -0.2) is 13.6 Å². The molecule has 128 valence electrons. The molecular weight excluding hydrogens is 332 g/mol. The molecule has 1 aromatic heterocycles. The molecule has 25 heavy (non-hydrogen) atoms. The number of para-hydroxylation sites is 1. The fourth-order valence-corrected chi connectivity index (χ4v) is 2.40. The van der Waals surface area contributed by atoms with Gasteiger partial charge in [0.15, 0.2) is 11.3 Å². The quantitative estimate of drug-likeness (QED) is 0.738. The third-order valence-corrected chi connectivity index (χ3v) is 3.68. The molecule has 0 aliphatic carbocycles. The lowest BCUT2D eigenvalue weighted by molar-refractivity contribution is 0.0946. The largest absolute Gasteiger partial charge is 0.493 e. The molecule has 0 atom stereocenters. The van der Waals surface area contributed by atoms with E-state index in [-0.39, 0.29) is 16.7 Å². The Labute approximate surface area is 140 Å². The second-order valence-corrected chi connectivity index (χ2v) is 5.21. The maximum atomic E-state index is 13.6. The van der Waals surface area contributed by atoms with E-state index in [0.717, 1.165) is 12.1 Å². The summed E-state index contributed by atoms with van der Waals surface area (Å²) in [6, 6.07) is 9.68. The minimum atomic E-state index is -0.872. The van der Waals surface area contributed by atoms with Crippen molar-refractivity contribution in [3.8, 4) is 5.75 Å². The maximum Gasteiger partial charge on any atom is 0.349 e. The molecule has 1 heterocycles. The Morgan fingerprint density at radius 1 is 1.16 bits per heavy atom. The Morgan fingerprint density at radius 2 is 1.84 bits per heavy atom. The number of nitrogens with one attached hydrogen (secondary N) is 1. The summed E-state index contributed by atoms with van der Waals surface area (Å²) < 4.78 is 37.4. The van der Waals surface area contributed by atoms with Gasteiger partial charge in [-0.15, -0.1) is 0 Å². The van der Waals surface area contributed by atoms with E-state index in [2.05, 4.69) is 5.32 Å². The highest BCUT2D eigenvalue weighted by molar-refractivity contribution is 5.97. The first-order chi connectivity index (χ1) is 12.0. The fourth-order valence-electron chi connectivity index (χ4n) is 2.40. The van der Waals surface area contributed by atoms with Crippen molar-refractivity contribution in [2.24, 2.45) is 0 Å². The van der Waals surface area contributed by atoms with Gasteiger partial charge in [0.1, 0.15) is 17.2 Å². The molecule has 3 aromatic rings. The zero-order valence-electron chi connectivity index (χ0n) is 13.1. The number of hydrogen-bond donors (Lipinski definition) is 1. The third kappa shape index (κ3) is 3.21. The predicted molar refractivity (Wildman–Crippen MR) is 86.6 cm³/mol. The smallest absolute Gasteiger partial charge is 0.349 e. The van der Waals surface area contributed by atoms with Crippen molar-refractivity contribution in [1.82, 2.24) is 5.32 Å². The molecule has 1 N–H and O–H groups in total. The number of halogens is 2. The molecule has 0 fully saturated rings. The Kier molecular flexibility index (Phi) is 4.47. The monoisotopic (exact) mass is 345 g/mol. The van der Waals surface area contributed by atoms with Crippen molar-refractivity contribution < 1.29 is 22.7 Å². The van der Waals surface area contributed by atoms with E-state index in [4.69, 9.17) is 9.15 Å². The van der Waals surface area contributed by atoms with Crippen LogP contribution >= 0.6 is 0 Å². The summed E-state index contributed by atoms with van der Waals surface area (Å²) >= 11 is 0. The molecule has 0 spiro atoms. The summed E-state index contributed by atoms with van der Waals surface area (Å²) in [5.74, 6) is -2.00. The van der Waals surface area contributed by atoms with Gasteiger partial charge in [0.2, 0.25) is 0 Å².